The minimum Gasteiger partial charge on any atom is -0.274 e. The SMILES string of the molecule is Cn1cc(-c2ccnc3cnccc23)c(-c2ccc(F)cn2)n1. The molecular formula is C17H12FN5. The first-order valence-electron chi connectivity index (χ1n) is 7.07. The molecule has 0 atom stereocenters. The Morgan fingerprint density at radius 1 is 0.957 bits per heavy atom. The number of halogens is 1. The fourth-order valence-corrected chi connectivity index (χ4v) is 2.62. The monoisotopic (exact) mass is 305 g/mol. The highest BCUT2D eigenvalue weighted by molar-refractivity contribution is 5.97. The van der Waals surface area contributed by atoms with Gasteiger partial charge in [-0.3, -0.25) is 19.6 Å². The highest BCUT2D eigenvalue weighted by Gasteiger charge is 2.15. The Kier molecular flexibility index (Phi) is 3.08. The Hall–Kier alpha value is -3.15. The molecule has 0 aliphatic heterocycles. The quantitative estimate of drug-likeness (QED) is 0.570. The van der Waals surface area contributed by atoms with Crippen LogP contribution in [0.15, 0.2) is 55.2 Å². The van der Waals surface area contributed by atoms with Gasteiger partial charge in [0, 0.05) is 36.6 Å². The van der Waals surface area contributed by atoms with Crippen LogP contribution in [-0.2, 0) is 7.05 Å². The lowest BCUT2D eigenvalue weighted by molar-refractivity contribution is 0.621. The molecule has 4 aromatic heterocycles. The van der Waals surface area contributed by atoms with Crippen LogP contribution >= 0.6 is 0 Å². The van der Waals surface area contributed by atoms with Crippen molar-refractivity contribution in [3.8, 4) is 22.5 Å². The van der Waals surface area contributed by atoms with Crippen LogP contribution in [0, 0.1) is 5.82 Å². The van der Waals surface area contributed by atoms with Crippen molar-refractivity contribution in [3.05, 3.63) is 61.1 Å². The first-order valence-corrected chi connectivity index (χ1v) is 7.07. The van der Waals surface area contributed by atoms with Crippen molar-refractivity contribution in [2.75, 3.05) is 0 Å². The molecule has 4 aromatic rings. The molecule has 0 bridgehead atoms. The number of aryl methyl sites for hydroxylation is 1. The molecule has 0 spiro atoms. The molecule has 6 heteroatoms. The molecule has 0 saturated heterocycles. The van der Waals surface area contributed by atoms with E-state index in [1.165, 1.54) is 12.3 Å². The summed E-state index contributed by atoms with van der Waals surface area (Å²) in [5.41, 5.74) is 4.06. The minimum absolute atomic E-state index is 0.369. The van der Waals surface area contributed by atoms with Crippen LogP contribution in [0.5, 0.6) is 0 Å². The fourth-order valence-electron chi connectivity index (χ4n) is 2.62. The number of hydrogen-bond donors (Lipinski definition) is 0. The number of fused-ring (bicyclic) bond motifs is 1. The molecule has 0 radical (unpaired) electrons. The summed E-state index contributed by atoms with van der Waals surface area (Å²) in [5.74, 6) is -0.369. The molecule has 0 fully saturated rings. The van der Waals surface area contributed by atoms with Gasteiger partial charge >= 0.3 is 0 Å². The highest BCUT2D eigenvalue weighted by atomic mass is 19.1. The van der Waals surface area contributed by atoms with E-state index in [1.807, 2.05) is 25.4 Å². The summed E-state index contributed by atoms with van der Waals surface area (Å²) < 4.78 is 14.9. The maximum Gasteiger partial charge on any atom is 0.141 e. The van der Waals surface area contributed by atoms with E-state index < -0.39 is 0 Å². The molecule has 112 valence electrons. The van der Waals surface area contributed by atoms with Crippen molar-refractivity contribution in [3.63, 3.8) is 0 Å². The Balaban J connectivity index is 1.97. The third-order valence-corrected chi connectivity index (χ3v) is 3.63. The molecular weight excluding hydrogens is 293 g/mol. The Bertz CT molecular complexity index is 986. The van der Waals surface area contributed by atoms with E-state index in [4.69, 9.17) is 0 Å². The van der Waals surface area contributed by atoms with Crippen LogP contribution in [0.3, 0.4) is 0 Å². The van der Waals surface area contributed by atoms with Gasteiger partial charge in [0.1, 0.15) is 11.5 Å². The van der Waals surface area contributed by atoms with Crippen molar-refractivity contribution in [2.24, 2.45) is 7.05 Å². The Morgan fingerprint density at radius 3 is 2.70 bits per heavy atom. The average molecular weight is 305 g/mol. The van der Waals surface area contributed by atoms with Gasteiger partial charge in [-0.1, -0.05) is 0 Å². The summed E-state index contributed by atoms with van der Waals surface area (Å²) in [5, 5.41) is 5.47. The molecule has 0 aliphatic carbocycles. The van der Waals surface area contributed by atoms with E-state index in [1.54, 1.807) is 29.3 Å². The highest BCUT2D eigenvalue weighted by Crippen LogP contribution is 2.33. The lowest BCUT2D eigenvalue weighted by Gasteiger charge is -2.06. The molecule has 0 amide bonds. The number of aromatic nitrogens is 5. The molecule has 4 heterocycles. The molecule has 0 saturated carbocycles. The number of rotatable bonds is 2. The third-order valence-electron chi connectivity index (χ3n) is 3.63. The van der Waals surface area contributed by atoms with Crippen molar-refractivity contribution in [1.82, 2.24) is 24.7 Å². The van der Waals surface area contributed by atoms with Crippen molar-refractivity contribution in [2.45, 2.75) is 0 Å². The van der Waals surface area contributed by atoms with Gasteiger partial charge in [0.05, 0.1) is 23.6 Å². The van der Waals surface area contributed by atoms with Gasteiger partial charge in [-0.25, -0.2) is 4.39 Å². The summed E-state index contributed by atoms with van der Waals surface area (Å²) in [4.78, 5) is 12.6. The lowest BCUT2D eigenvalue weighted by Crippen LogP contribution is -1.91. The molecule has 23 heavy (non-hydrogen) atoms. The normalized spacial score (nSPS) is 11.0. The predicted octanol–water partition coefficient (Wildman–Crippen LogP) is 3.23. The average Bonchev–Trinajstić information content (AvgIpc) is 2.96. The van der Waals surface area contributed by atoms with Crippen molar-refractivity contribution >= 4 is 10.9 Å². The van der Waals surface area contributed by atoms with E-state index in [0.717, 1.165) is 22.0 Å². The smallest absolute Gasteiger partial charge is 0.141 e. The van der Waals surface area contributed by atoms with Crippen LogP contribution in [-0.4, -0.2) is 24.7 Å². The van der Waals surface area contributed by atoms with Gasteiger partial charge in [-0.2, -0.15) is 5.10 Å². The largest absolute Gasteiger partial charge is 0.274 e. The van der Waals surface area contributed by atoms with Gasteiger partial charge in [0.2, 0.25) is 0 Å². The van der Waals surface area contributed by atoms with E-state index in [2.05, 4.69) is 20.1 Å². The second-order valence-electron chi connectivity index (χ2n) is 5.18. The van der Waals surface area contributed by atoms with E-state index in [-0.39, 0.29) is 5.82 Å². The van der Waals surface area contributed by atoms with Crippen molar-refractivity contribution in [1.29, 1.82) is 0 Å². The second kappa shape index (κ2) is 5.24. The van der Waals surface area contributed by atoms with Crippen LogP contribution < -0.4 is 0 Å². The topological polar surface area (TPSA) is 56.5 Å². The van der Waals surface area contributed by atoms with Crippen molar-refractivity contribution < 1.29 is 4.39 Å². The summed E-state index contributed by atoms with van der Waals surface area (Å²) >= 11 is 0. The predicted molar refractivity (Wildman–Crippen MR) is 84.9 cm³/mol. The van der Waals surface area contributed by atoms with Gasteiger partial charge in [-0.05, 0) is 29.8 Å². The van der Waals surface area contributed by atoms with Crippen LogP contribution in [0.4, 0.5) is 4.39 Å². The zero-order valence-corrected chi connectivity index (χ0v) is 12.3. The molecule has 0 aromatic carbocycles. The zero-order valence-electron chi connectivity index (χ0n) is 12.3. The summed E-state index contributed by atoms with van der Waals surface area (Å²) in [6, 6.07) is 6.88. The summed E-state index contributed by atoms with van der Waals surface area (Å²) in [6.45, 7) is 0. The fraction of sp³-hybridized carbons (Fsp3) is 0.0588. The van der Waals surface area contributed by atoms with E-state index in [9.17, 15) is 4.39 Å². The van der Waals surface area contributed by atoms with Gasteiger partial charge in [0.15, 0.2) is 0 Å². The summed E-state index contributed by atoms with van der Waals surface area (Å²) in [7, 11) is 1.85. The maximum absolute atomic E-state index is 13.1. The van der Waals surface area contributed by atoms with Gasteiger partial charge in [-0.15, -0.1) is 0 Å². The first kappa shape index (κ1) is 13.5. The van der Waals surface area contributed by atoms with Crippen LogP contribution in [0.1, 0.15) is 0 Å². The number of nitrogens with zero attached hydrogens (tertiary/aromatic N) is 5. The third kappa shape index (κ3) is 2.34. The minimum atomic E-state index is -0.369. The standard InChI is InChI=1S/C17H12FN5/c1-23-10-14(17(22-23)15-3-2-11(18)8-21-15)12-5-7-20-16-9-19-6-4-13(12)16/h2-10H,1H3. The van der Waals surface area contributed by atoms with E-state index in [0.29, 0.717) is 11.4 Å². The first-order chi connectivity index (χ1) is 11.2. The Labute approximate surface area is 131 Å². The van der Waals surface area contributed by atoms with Crippen LogP contribution in [0.25, 0.3) is 33.4 Å². The van der Waals surface area contributed by atoms with Gasteiger partial charge < -0.3 is 0 Å². The molecule has 4 rings (SSSR count). The van der Waals surface area contributed by atoms with Gasteiger partial charge in [0.25, 0.3) is 0 Å². The Morgan fingerprint density at radius 2 is 1.87 bits per heavy atom. The van der Waals surface area contributed by atoms with E-state index >= 15 is 0 Å². The zero-order chi connectivity index (χ0) is 15.8. The summed E-state index contributed by atoms with van der Waals surface area (Å²) in [6.07, 6.45) is 8.33. The second-order valence-corrected chi connectivity index (χ2v) is 5.18. The molecule has 0 N–H and O–H groups in total. The number of pyridine rings is 3. The molecule has 0 unspecified atom stereocenters. The number of hydrogen-bond acceptors (Lipinski definition) is 4. The molecule has 0 aliphatic rings. The maximum atomic E-state index is 13.1. The molecule has 5 nitrogen and oxygen atoms in total. The van der Waals surface area contributed by atoms with Crippen LogP contribution in [0.2, 0.25) is 0 Å². The lowest BCUT2D eigenvalue weighted by atomic mass is 10.0.